The van der Waals surface area contributed by atoms with Crippen molar-refractivity contribution in [1.82, 2.24) is 9.97 Å². The lowest BCUT2D eigenvalue weighted by atomic mass is 10.5. The van der Waals surface area contributed by atoms with Gasteiger partial charge >= 0.3 is 0 Å². The van der Waals surface area contributed by atoms with Crippen LogP contribution in [-0.2, 0) is 0 Å². The summed E-state index contributed by atoms with van der Waals surface area (Å²) in [5, 5.41) is 0. The molecular weight excluding hydrogens is 157 g/mol. The molecule has 1 aromatic rings. The van der Waals surface area contributed by atoms with Crippen LogP contribution < -0.4 is 4.90 Å². The third-order valence-electron chi connectivity index (χ3n) is 2.08. The van der Waals surface area contributed by atoms with Crippen LogP contribution in [0.15, 0.2) is 12.4 Å². The summed E-state index contributed by atoms with van der Waals surface area (Å²) in [6, 6.07) is 1.91. The molecule has 0 atom stereocenters. The first-order valence-corrected chi connectivity index (χ1v) is 3.98. The highest BCUT2D eigenvalue weighted by molar-refractivity contribution is 5.38. The minimum absolute atomic E-state index is 0.465. The molecule has 4 heteroatoms. The third kappa shape index (κ3) is 1.37. The molecule has 0 amide bonds. The van der Waals surface area contributed by atoms with Gasteiger partial charge in [-0.25, -0.2) is 9.97 Å². The van der Waals surface area contributed by atoms with Crippen molar-refractivity contribution >= 4 is 5.82 Å². The summed E-state index contributed by atoms with van der Waals surface area (Å²) in [5.41, 5.74) is 0. The van der Waals surface area contributed by atoms with E-state index in [0.29, 0.717) is 11.9 Å². The van der Waals surface area contributed by atoms with Crippen molar-refractivity contribution in [3.63, 3.8) is 0 Å². The zero-order valence-corrected chi connectivity index (χ0v) is 6.87. The SMILES string of the molecule is CN(c1cc(F)ncn1)C1CC1. The minimum Gasteiger partial charge on any atom is -0.357 e. The van der Waals surface area contributed by atoms with Crippen molar-refractivity contribution in [2.45, 2.75) is 18.9 Å². The number of rotatable bonds is 2. The van der Waals surface area contributed by atoms with Crippen molar-refractivity contribution < 1.29 is 4.39 Å². The van der Waals surface area contributed by atoms with Crippen molar-refractivity contribution in [3.8, 4) is 0 Å². The second kappa shape index (κ2) is 2.69. The number of nitrogens with zero attached hydrogens (tertiary/aromatic N) is 3. The van der Waals surface area contributed by atoms with E-state index in [1.54, 1.807) is 0 Å². The molecule has 0 unspecified atom stereocenters. The predicted molar refractivity (Wildman–Crippen MR) is 43.4 cm³/mol. The van der Waals surface area contributed by atoms with Crippen molar-refractivity contribution in [3.05, 3.63) is 18.3 Å². The number of aromatic nitrogens is 2. The van der Waals surface area contributed by atoms with E-state index in [0.717, 1.165) is 0 Å². The maximum Gasteiger partial charge on any atom is 0.218 e. The second-order valence-electron chi connectivity index (χ2n) is 3.04. The maximum absolute atomic E-state index is 12.6. The van der Waals surface area contributed by atoms with E-state index in [1.165, 1.54) is 25.2 Å². The van der Waals surface area contributed by atoms with Gasteiger partial charge in [0, 0.05) is 19.2 Å². The first-order valence-electron chi connectivity index (χ1n) is 3.98. The molecule has 1 heterocycles. The zero-order chi connectivity index (χ0) is 8.55. The normalized spacial score (nSPS) is 16.2. The van der Waals surface area contributed by atoms with E-state index in [9.17, 15) is 4.39 Å². The Bertz CT molecular complexity index is 285. The standard InChI is InChI=1S/C8H10FN3/c1-12(6-2-3-6)8-4-7(9)10-5-11-8/h4-6H,2-3H2,1H3. The van der Waals surface area contributed by atoms with Gasteiger partial charge in [0.25, 0.3) is 0 Å². The fraction of sp³-hybridized carbons (Fsp3) is 0.500. The Morgan fingerprint density at radius 2 is 2.25 bits per heavy atom. The molecule has 1 aromatic heterocycles. The largest absolute Gasteiger partial charge is 0.357 e. The van der Waals surface area contributed by atoms with Crippen molar-refractivity contribution in [2.75, 3.05) is 11.9 Å². The monoisotopic (exact) mass is 167 g/mol. The van der Waals surface area contributed by atoms with E-state index in [1.807, 2.05) is 11.9 Å². The highest BCUT2D eigenvalue weighted by atomic mass is 19.1. The Hall–Kier alpha value is -1.19. The van der Waals surface area contributed by atoms with Crippen molar-refractivity contribution in [1.29, 1.82) is 0 Å². The van der Waals surface area contributed by atoms with Gasteiger partial charge in [-0.15, -0.1) is 0 Å². The molecule has 0 saturated heterocycles. The summed E-state index contributed by atoms with van der Waals surface area (Å²) in [5.74, 6) is 0.206. The highest BCUT2D eigenvalue weighted by Crippen LogP contribution is 2.28. The van der Waals surface area contributed by atoms with Crippen LogP contribution in [0.5, 0.6) is 0 Å². The molecule has 0 aliphatic heterocycles. The van der Waals surface area contributed by atoms with Crippen LogP contribution in [0.25, 0.3) is 0 Å². The highest BCUT2D eigenvalue weighted by Gasteiger charge is 2.27. The topological polar surface area (TPSA) is 29.0 Å². The zero-order valence-electron chi connectivity index (χ0n) is 6.87. The molecule has 0 bridgehead atoms. The lowest BCUT2D eigenvalue weighted by molar-refractivity contribution is 0.578. The van der Waals surface area contributed by atoms with Crippen LogP contribution in [0.1, 0.15) is 12.8 Å². The Morgan fingerprint density at radius 3 is 2.83 bits per heavy atom. The number of hydrogen-bond acceptors (Lipinski definition) is 3. The number of halogens is 1. The minimum atomic E-state index is -0.465. The molecule has 64 valence electrons. The van der Waals surface area contributed by atoms with Crippen LogP contribution >= 0.6 is 0 Å². The average Bonchev–Trinajstić information content (AvgIpc) is 2.85. The number of hydrogen-bond donors (Lipinski definition) is 0. The Balaban J connectivity index is 2.20. The van der Waals surface area contributed by atoms with Gasteiger partial charge in [0.05, 0.1) is 0 Å². The van der Waals surface area contributed by atoms with Gasteiger partial charge in [-0.2, -0.15) is 4.39 Å². The van der Waals surface area contributed by atoms with E-state index in [4.69, 9.17) is 0 Å². The van der Waals surface area contributed by atoms with E-state index < -0.39 is 5.95 Å². The molecule has 3 nitrogen and oxygen atoms in total. The Labute approximate surface area is 70.3 Å². The molecule has 0 N–H and O–H groups in total. The Morgan fingerprint density at radius 1 is 1.50 bits per heavy atom. The van der Waals surface area contributed by atoms with Crippen LogP contribution in [0.4, 0.5) is 10.2 Å². The quantitative estimate of drug-likeness (QED) is 0.620. The third-order valence-corrected chi connectivity index (χ3v) is 2.08. The summed E-state index contributed by atoms with van der Waals surface area (Å²) in [6.07, 6.45) is 3.62. The van der Waals surface area contributed by atoms with Gasteiger partial charge in [-0.05, 0) is 12.8 Å². The summed E-state index contributed by atoms with van der Waals surface area (Å²) in [4.78, 5) is 9.36. The molecule has 0 aromatic carbocycles. The smallest absolute Gasteiger partial charge is 0.218 e. The fourth-order valence-electron chi connectivity index (χ4n) is 1.17. The molecule has 12 heavy (non-hydrogen) atoms. The fourth-order valence-corrected chi connectivity index (χ4v) is 1.17. The lowest BCUT2D eigenvalue weighted by Crippen LogP contribution is -2.20. The van der Waals surface area contributed by atoms with Gasteiger partial charge in [0.2, 0.25) is 5.95 Å². The van der Waals surface area contributed by atoms with Gasteiger partial charge in [0.15, 0.2) is 0 Å². The van der Waals surface area contributed by atoms with Crippen LogP contribution in [0.2, 0.25) is 0 Å². The second-order valence-corrected chi connectivity index (χ2v) is 3.04. The molecule has 0 spiro atoms. The van der Waals surface area contributed by atoms with E-state index in [2.05, 4.69) is 9.97 Å². The summed E-state index contributed by atoms with van der Waals surface area (Å²) < 4.78 is 12.6. The van der Waals surface area contributed by atoms with Crippen LogP contribution in [0.3, 0.4) is 0 Å². The van der Waals surface area contributed by atoms with Crippen LogP contribution in [0, 0.1) is 5.95 Å². The molecule has 1 aliphatic carbocycles. The number of anilines is 1. The maximum atomic E-state index is 12.6. The first kappa shape index (κ1) is 7.46. The van der Waals surface area contributed by atoms with E-state index in [-0.39, 0.29) is 0 Å². The molecule has 1 aliphatic rings. The van der Waals surface area contributed by atoms with Gasteiger partial charge < -0.3 is 4.90 Å². The molecular formula is C8H10FN3. The van der Waals surface area contributed by atoms with Crippen molar-refractivity contribution in [2.24, 2.45) is 0 Å². The predicted octanol–water partition coefficient (Wildman–Crippen LogP) is 1.21. The summed E-state index contributed by atoms with van der Waals surface area (Å²) >= 11 is 0. The van der Waals surface area contributed by atoms with Gasteiger partial charge in [-0.3, -0.25) is 0 Å². The van der Waals surface area contributed by atoms with Crippen LogP contribution in [-0.4, -0.2) is 23.1 Å². The molecule has 1 fully saturated rings. The van der Waals surface area contributed by atoms with E-state index >= 15 is 0 Å². The molecule has 0 radical (unpaired) electrons. The average molecular weight is 167 g/mol. The first-order chi connectivity index (χ1) is 5.77. The van der Waals surface area contributed by atoms with Gasteiger partial charge in [0.1, 0.15) is 12.1 Å². The summed E-state index contributed by atoms with van der Waals surface area (Å²) in [7, 11) is 1.93. The summed E-state index contributed by atoms with van der Waals surface area (Å²) in [6.45, 7) is 0. The molecule has 2 rings (SSSR count). The van der Waals surface area contributed by atoms with Gasteiger partial charge in [-0.1, -0.05) is 0 Å². The Kier molecular flexibility index (Phi) is 1.67. The lowest BCUT2D eigenvalue weighted by Gasteiger charge is -2.16. The molecule has 1 saturated carbocycles.